The molecule has 1 N–H and O–H groups in total. The van der Waals surface area contributed by atoms with Crippen molar-refractivity contribution in [2.24, 2.45) is 0 Å². The Morgan fingerprint density at radius 1 is 1.17 bits per heavy atom. The van der Waals surface area contributed by atoms with Crippen LogP contribution in [0.1, 0.15) is 43.9 Å². The molecule has 1 heterocycles. The van der Waals surface area contributed by atoms with Crippen LogP contribution in [-0.4, -0.2) is 16.1 Å². The van der Waals surface area contributed by atoms with E-state index in [0.29, 0.717) is 11.6 Å². The summed E-state index contributed by atoms with van der Waals surface area (Å²) in [6.07, 6.45) is 0. The molecule has 1 unspecified atom stereocenters. The summed E-state index contributed by atoms with van der Waals surface area (Å²) in [5.41, 5.74) is 2.72. The largest absolute Gasteiger partial charge is 0.481 e. The van der Waals surface area contributed by atoms with Crippen LogP contribution in [-0.2, 0) is 4.79 Å². The van der Waals surface area contributed by atoms with Crippen molar-refractivity contribution in [1.82, 2.24) is 4.98 Å². The Bertz CT molecular complexity index is 590. The number of hydrogen-bond donors (Lipinski definition) is 1. The van der Waals surface area contributed by atoms with E-state index >= 15 is 0 Å². The van der Waals surface area contributed by atoms with Gasteiger partial charge in [-0.15, -0.1) is 0 Å². The fraction of sp³-hybridized carbons (Fsp3) is 0.333. The highest BCUT2D eigenvalue weighted by Gasteiger charge is 2.15. The smallest absolute Gasteiger partial charge is 0.312 e. The lowest BCUT2D eigenvalue weighted by Gasteiger charge is -2.09. The molecule has 3 heteroatoms. The number of rotatable bonds is 3. The Balaban J connectivity index is 2.47. The summed E-state index contributed by atoms with van der Waals surface area (Å²) in [5, 5.41) is 10.0. The van der Waals surface area contributed by atoms with Crippen molar-refractivity contribution in [3.8, 4) is 0 Å². The van der Waals surface area contributed by atoms with Gasteiger partial charge in [-0.25, -0.2) is 0 Å². The molecular formula is C15H17NO2. The van der Waals surface area contributed by atoms with Crippen molar-refractivity contribution >= 4 is 16.9 Å². The number of hydrogen-bond acceptors (Lipinski definition) is 2. The summed E-state index contributed by atoms with van der Waals surface area (Å²) in [6.45, 7) is 5.95. The molecule has 0 aliphatic heterocycles. The molecule has 0 saturated heterocycles. The second-order valence-electron chi connectivity index (χ2n) is 4.90. The van der Waals surface area contributed by atoms with Gasteiger partial charge in [-0.05, 0) is 36.6 Å². The first kappa shape index (κ1) is 12.6. The Morgan fingerprint density at radius 2 is 1.89 bits per heavy atom. The van der Waals surface area contributed by atoms with Gasteiger partial charge in [-0.2, -0.15) is 0 Å². The maximum Gasteiger partial charge on any atom is 0.312 e. The number of pyridine rings is 1. The first-order valence-corrected chi connectivity index (χ1v) is 6.12. The van der Waals surface area contributed by atoms with Crippen molar-refractivity contribution < 1.29 is 9.90 Å². The third kappa shape index (κ3) is 2.35. The summed E-state index contributed by atoms with van der Waals surface area (Å²) in [4.78, 5) is 15.4. The van der Waals surface area contributed by atoms with E-state index in [4.69, 9.17) is 5.11 Å². The molecule has 0 aliphatic carbocycles. The molecule has 0 amide bonds. The van der Waals surface area contributed by atoms with Gasteiger partial charge < -0.3 is 5.11 Å². The van der Waals surface area contributed by atoms with E-state index in [1.165, 1.54) is 5.56 Å². The first-order valence-electron chi connectivity index (χ1n) is 6.12. The zero-order valence-electron chi connectivity index (χ0n) is 10.8. The van der Waals surface area contributed by atoms with Gasteiger partial charge in [0.2, 0.25) is 0 Å². The molecule has 3 nitrogen and oxygen atoms in total. The average molecular weight is 243 g/mol. The van der Waals surface area contributed by atoms with Crippen LogP contribution in [0.4, 0.5) is 0 Å². The topological polar surface area (TPSA) is 50.2 Å². The number of carbonyl (C=O) groups is 1. The van der Waals surface area contributed by atoms with Gasteiger partial charge >= 0.3 is 5.97 Å². The number of carboxylic acids is 1. The number of aromatic nitrogens is 1. The van der Waals surface area contributed by atoms with Crippen molar-refractivity contribution in [3.05, 3.63) is 41.6 Å². The fourth-order valence-electron chi connectivity index (χ4n) is 1.89. The minimum absolute atomic E-state index is 0.479. The summed E-state index contributed by atoms with van der Waals surface area (Å²) >= 11 is 0. The molecule has 1 aromatic heterocycles. The summed E-state index contributed by atoms with van der Waals surface area (Å²) in [7, 11) is 0. The summed E-state index contributed by atoms with van der Waals surface area (Å²) in [5.74, 6) is -0.938. The third-order valence-corrected chi connectivity index (χ3v) is 3.22. The number of carboxylic acid groups (broad SMARTS) is 1. The van der Waals surface area contributed by atoms with Gasteiger partial charge in [-0.3, -0.25) is 9.78 Å². The van der Waals surface area contributed by atoms with E-state index < -0.39 is 11.9 Å². The number of fused-ring (bicyclic) bond motifs is 1. The minimum Gasteiger partial charge on any atom is -0.481 e. The van der Waals surface area contributed by atoms with Crippen molar-refractivity contribution in [1.29, 1.82) is 0 Å². The second kappa shape index (κ2) is 4.77. The zero-order valence-corrected chi connectivity index (χ0v) is 10.8. The maximum absolute atomic E-state index is 10.9. The van der Waals surface area contributed by atoms with E-state index in [0.717, 1.165) is 10.9 Å². The molecular weight excluding hydrogens is 226 g/mol. The van der Waals surface area contributed by atoms with Crippen LogP contribution >= 0.6 is 0 Å². The first-order chi connectivity index (χ1) is 8.49. The van der Waals surface area contributed by atoms with Gasteiger partial charge in [0.05, 0.1) is 17.1 Å². The molecule has 2 rings (SSSR count). The molecule has 0 saturated carbocycles. The molecule has 0 radical (unpaired) electrons. The van der Waals surface area contributed by atoms with Crippen LogP contribution in [0.15, 0.2) is 30.3 Å². The number of aliphatic carboxylic acids is 1. The monoisotopic (exact) mass is 243 g/mol. The molecule has 94 valence electrons. The number of benzene rings is 1. The molecule has 18 heavy (non-hydrogen) atoms. The number of nitrogens with zero attached hydrogens (tertiary/aromatic N) is 1. The lowest BCUT2D eigenvalue weighted by Crippen LogP contribution is -2.09. The molecule has 1 aromatic carbocycles. The van der Waals surface area contributed by atoms with Gasteiger partial charge in [0.1, 0.15) is 0 Å². The highest BCUT2D eigenvalue weighted by Crippen LogP contribution is 2.22. The van der Waals surface area contributed by atoms with E-state index in [9.17, 15) is 4.79 Å². The van der Waals surface area contributed by atoms with E-state index in [1.807, 2.05) is 12.1 Å². The van der Waals surface area contributed by atoms with Gasteiger partial charge in [0, 0.05) is 5.39 Å². The van der Waals surface area contributed by atoms with Crippen molar-refractivity contribution in [3.63, 3.8) is 0 Å². The molecule has 0 bridgehead atoms. The lowest BCUT2D eigenvalue weighted by molar-refractivity contribution is -0.138. The van der Waals surface area contributed by atoms with Crippen LogP contribution in [0, 0.1) is 0 Å². The Kier molecular flexibility index (Phi) is 3.32. The predicted octanol–water partition coefficient (Wildman–Crippen LogP) is 3.55. The van der Waals surface area contributed by atoms with E-state index in [2.05, 4.69) is 31.0 Å². The van der Waals surface area contributed by atoms with Crippen LogP contribution in [0.25, 0.3) is 10.9 Å². The van der Waals surface area contributed by atoms with Gasteiger partial charge in [0.25, 0.3) is 0 Å². The maximum atomic E-state index is 10.9. The zero-order chi connectivity index (χ0) is 13.3. The molecule has 0 fully saturated rings. The van der Waals surface area contributed by atoms with Crippen molar-refractivity contribution in [2.45, 2.75) is 32.6 Å². The van der Waals surface area contributed by atoms with Crippen LogP contribution in [0.3, 0.4) is 0 Å². The minimum atomic E-state index is -0.847. The average Bonchev–Trinajstić information content (AvgIpc) is 2.36. The normalized spacial score (nSPS) is 12.9. The fourth-order valence-corrected chi connectivity index (χ4v) is 1.89. The third-order valence-electron chi connectivity index (χ3n) is 3.22. The van der Waals surface area contributed by atoms with Gasteiger partial charge in [0.15, 0.2) is 0 Å². The van der Waals surface area contributed by atoms with E-state index in [1.54, 1.807) is 13.0 Å². The van der Waals surface area contributed by atoms with E-state index in [-0.39, 0.29) is 0 Å². The summed E-state index contributed by atoms with van der Waals surface area (Å²) < 4.78 is 0. The molecule has 1 atom stereocenters. The van der Waals surface area contributed by atoms with Crippen molar-refractivity contribution in [2.75, 3.05) is 0 Å². The second-order valence-corrected chi connectivity index (χ2v) is 4.90. The molecule has 0 aliphatic rings. The quantitative estimate of drug-likeness (QED) is 0.896. The SMILES string of the molecule is CC(C)c1ccc2nc(C(C)C(=O)O)ccc2c1. The highest BCUT2D eigenvalue weighted by molar-refractivity contribution is 5.81. The van der Waals surface area contributed by atoms with Crippen LogP contribution in [0.2, 0.25) is 0 Å². The lowest BCUT2D eigenvalue weighted by atomic mass is 10.00. The molecule has 0 spiro atoms. The summed E-state index contributed by atoms with van der Waals surface area (Å²) in [6, 6.07) is 9.87. The Hall–Kier alpha value is -1.90. The van der Waals surface area contributed by atoms with Crippen LogP contribution < -0.4 is 0 Å². The highest BCUT2D eigenvalue weighted by atomic mass is 16.4. The molecule has 2 aromatic rings. The van der Waals surface area contributed by atoms with Gasteiger partial charge in [-0.1, -0.05) is 26.0 Å². The van der Waals surface area contributed by atoms with Crippen LogP contribution in [0.5, 0.6) is 0 Å². The predicted molar refractivity (Wildman–Crippen MR) is 71.9 cm³/mol. The standard InChI is InChI=1S/C15H17NO2/c1-9(2)11-4-7-14-12(8-11)5-6-13(16-14)10(3)15(17)18/h4-10H,1-3H3,(H,17,18). The Labute approximate surface area is 106 Å². The Morgan fingerprint density at radius 3 is 2.50 bits per heavy atom.